The van der Waals surface area contributed by atoms with E-state index in [0.717, 1.165) is 24.3 Å². The van der Waals surface area contributed by atoms with Crippen LogP contribution < -0.4 is 9.62 Å². The fraction of sp³-hybridized carbons (Fsp3) is 0.316. The summed E-state index contributed by atoms with van der Waals surface area (Å²) in [5.74, 6) is -0.201. The molecule has 1 aliphatic rings. The van der Waals surface area contributed by atoms with Gasteiger partial charge in [0.25, 0.3) is 0 Å². The number of carbonyl (C=O) groups excluding carboxylic acids is 1. The van der Waals surface area contributed by atoms with E-state index >= 15 is 0 Å². The molecule has 3 rings (SSSR count). The SMILES string of the molecule is Cc1ccc(S(=O)(=O)NCC(=O)N2CCN(c3ccccc3)CC2)cc1. The summed E-state index contributed by atoms with van der Waals surface area (Å²) in [7, 11) is -3.67. The van der Waals surface area contributed by atoms with Gasteiger partial charge in [0.15, 0.2) is 0 Å². The third-order valence-corrected chi connectivity index (χ3v) is 5.92. The smallest absolute Gasteiger partial charge is 0.241 e. The number of anilines is 1. The van der Waals surface area contributed by atoms with Gasteiger partial charge in [-0.05, 0) is 31.2 Å². The summed E-state index contributed by atoms with van der Waals surface area (Å²) in [6.45, 7) is 4.31. The molecule has 0 bridgehead atoms. The largest absolute Gasteiger partial charge is 0.368 e. The molecule has 0 spiro atoms. The summed E-state index contributed by atoms with van der Waals surface area (Å²) in [6.07, 6.45) is 0. The first-order valence-electron chi connectivity index (χ1n) is 8.60. The number of para-hydroxylation sites is 1. The molecule has 138 valence electrons. The van der Waals surface area contributed by atoms with Gasteiger partial charge < -0.3 is 9.80 Å². The van der Waals surface area contributed by atoms with Crippen LogP contribution in [-0.2, 0) is 14.8 Å². The Morgan fingerprint density at radius 2 is 1.58 bits per heavy atom. The normalized spacial score (nSPS) is 15.1. The molecule has 26 heavy (non-hydrogen) atoms. The molecule has 1 amide bonds. The first-order chi connectivity index (χ1) is 12.5. The fourth-order valence-electron chi connectivity index (χ4n) is 2.92. The van der Waals surface area contributed by atoms with Crippen LogP contribution in [0.3, 0.4) is 0 Å². The van der Waals surface area contributed by atoms with Crippen LogP contribution in [0.15, 0.2) is 59.5 Å². The van der Waals surface area contributed by atoms with Crippen LogP contribution in [0.5, 0.6) is 0 Å². The lowest BCUT2D eigenvalue weighted by molar-refractivity contribution is -0.130. The van der Waals surface area contributed by atoms with E-state index in [-0.39, 0.29) is 17.3 Å². The van der Waals surface area contributed by atoms with Gasteiger partial charge in [0, 0.05) is 31.9 Å². The Hall–Kier alpha value is -2.38. The molecule has 2 aromatic rings. The number of aryl methyl sites for hydroxylation is 1. The summed E-state index contributed by atoms with van der Waals surface area (Å²) in [5.41, 5.74) is 2.12. The Labute approximate surface area is 154 Å². The molecule has 2 aromatic carbocycles. The van der Waals surface area contributed by atoms with E-state index in [1.807, 2.05) is 37.3 Å². The van der Waals surface area contributed by atoms with Crippen LogP contribution in [0.2, 0.25) is 0 Å². The van der Waals surface area contributed by atoms with Gasteiger partial charge >= 0.3 is 0 Å². The lowest BCUT2D eigenvalue weighted by Crippen LogP contribution is -2.51. The Bertz CT molecular complexity index is 843. The van der Waals surface area contributed by atoms with E-state index in [1.54, 1.807) is 29.2 Å². The van der Waals surface area contributed by atoms with Crippen LogP contribution in [0, 0.1) is 6.92 Å². The maximum atomic E-state index is 12.4. The lowest BCUT2D eigenvalue weighted by atomic mass is 10.2. The van der Waals surface area contributed by atoms with Crippen LogP contribution in [0.25, 0.3) is 0 Å². The second-order valence-corrected chi connectivity index (χ2v) is 8.11. The van der Waals surface area contributed by atoms with Gasteiger partial charge in [-0.1, -0.05) is 35.9 Å². The molecule has 1 aliphatic heterocycles. The highest BCUT2D eigenvalue weighted by molar-refractivity contribution is 7.89. The van der Waals surface area contributed by atoms with Crippen molar-refractivity contribution >= 4 is 21.6 Å². The molecular weight excluding hydrogens is 350 g/mol. The molecule has 1 saturated heterocycles. The van der Waals surface area contributed by atoms with E-state index < -0.39 is 10.0 Å². The first-order valence-corrected chi connectivity index (χ1v) is 10.1. The number of benzene rings is 2. The number of amides is 1. The molecule has 0 unspecified atom stereocenters. The van der Waals surface area contributed by atoms with Crippen LogP contribution in [0.4, 0.5) is 5.69 Å². The number of hydrogen-bond donors (Lipinski definition) is 1. The molecule has 1 N–H and O–H groups in total. The van der Waals surface area contributed by atoms with Crippen molar-refractivity contribution in [3.8, 4) is 0 Å². The maximum Gasteiger partial charge on any atom is 0.241 e. The van der Waals surface area contributed by atoms with Crippen molar-refractivity contribution in [2.75, 3.05) is 37.6 Å². The molecule has 7 heteroatoms. The zero-order valence-electron chi connectivity index (χ0n) is 14.8. The highest BCUT2D eigenvalue weighted by Crippen LogP contribution is 2.15. The van der Waals surface area contributed by atoms with Gasteiger partial charge in [0.05, 0.1) is 11.4 Å². The number of nitrogens with zero attached hydrogens (tertiary/aromatic N) is 2. The van der Waals surface area contributed by atoms with Crippen molar-refractivity contribution in [3.05, 3.63) is 60.2 Å². The fourth-order valence-corrected chi connectivity index (χ4v) is 3.90. The number of carbonyl (C=O) groups is 1. The third-order valence-electron chi connectivity index (χ3n) is 4.50. The van der Waals surface area contributed by atoms with Gasteiger partial charge in [0.1, 0.15) is 0 Å². The average molecular weight is 373 g/mol. The molecule has 0 saturated carbocycles. The van der Waals surface area contributed by atoms with Crippen LogP contribution in [-0.4, -0.2) is 51.9 Å². The van der Waals surface area contributed by atoms with Crippen molar-refractivity contribution < 1.29 is 13.2 Å². The standard InChI is InChI=1S/C19H23N3O3S/c1-16-7-9-18(10-8-16)26(24,25)20-15-19(23)22-13-11-21(12-14-22)17-5-3-2-4-6-17/h2-10,20H,11-15H2,1H3. The number of hydrogen-bond acceptors (Lipinski definition) is 4. The maximum absolute atomic E-state index is 12.4. The summed E-state index contributed by atoms with van der Waals surface area (Å²) in [4.78, 5) is 16.5. The van der Waals surface area contributed by atoms with E-state index in [0.29, 0.717) is 13.1 Å². The zero-order valence-corrected chi connectivity index (χ0v) is 15.6. The highest BCUT2D eigenvalue weighted by atomic mass is 32.2. The Morgan fingerprint density at radius 1 is 0.962 bits per heavy atom. The van der Waals surface area contributed by atoms with Crippen molar-refractivity contribution in [1.82, 2.24) is 9.62 Å². The summed E-state index contributed by atoms with van der Waals surface area (Å²) in [5, 5.41) is 0. The molecule has 1 fully saturated rings. The van der Waals surface area contributed by atoms with Gasteiger partial charge in [-0.2, -0.15) is 0 Å². The Kier molecular flexibility index (Phi) is 5.58. The summed E-state index contributed by atoms with van der Waals surface area (Å²) < 4.78 is 27.0. The van der Waals surface area contributed by atoms with Crippen molar-refractivity contribution in [2.45, 2.75) is 11.8 Å². The van der Waals surface area contributed by atoms with Crippen molar-refractivity contribution in [2.24, 2.45) is 0 Å². The number of piperazine rings is 1. The van der Waals surface area contributed by atoms with Gasteiger partial charge in [-0.15, -0.1) is 0 Å². The van der Waals surface area contributed by atoms with Crippen molar-refractivity contribution in [3.63, 3.8) is 0 Å². The predicted octanol–water partition coefficient (Wildman–Crippen LogP) is 1.62. The molecule has 0 radical (unpaired) electrons. The van der Waals surface area contributed by atoms with E-state index in [4.69, 9.17) is 0 Å². The van der Waals surface area contributed by atoms with Gasteiger partial charge in [-0.25, -0.2) is 13.1 Å². The topological polar surface area (TPSA) is 69.7 Å². The summed E-state index contributed by atoms with van der Waals surface area (Å²) in [6, 6.07) is 16.6. The van der Waals surface area contributed by atoms with Crippen LogP contribution >= 0.6 is 0 Å². The Balaban J connectivity index is 1.52. The van der Waals surface area contributed by atoms with Crippen LogP contribution in [0.1, 0.15) is 5.56 Å². The molecule has 0 aromatic heterocycles. The molecule has 0 aliphatic carbocycles. The van der Waals surface area contributed by atoms with E-state index in [9.17, 15) is 13.2 Å². The first kappa shape index (κ1) is 18.4. The zero-order chi connectivity index (χ0) is 18.6. The third kappa shape index (κ3) is 4.42. The quantitative estimate of drug-likeness (QED) is 0.865. The lowest BCUT2D eigenvalue weighted by Gasteiger charge is -2.36. The molecule has 6 nitrogen and oxygen atoms in total. The number of rotatable bonds is 5. The molecule has 1 heterocycles. The number of nitrogens with one attached hydrogen (secondary N) is 1. The second kappa shape index (κ2) is 7.88. The minimum absolute atomic E-state index is 0.171. The van der Waals surface area contributed by atoms with E-state index in [1.165, 1.54) is 0 Å². The molecular formula is C19H23N3O3S. The minimum atomic E-state index is -3.67. The second-order valence-electron chi connectivity index (χ2n) is 6.34. The molecule has 0 atom stereocenters. The predicted molar refractivity (Wildman–Crippen MR) is 102 cm³/mol. The Morgan fingerprint density at radius 3 is 2.19 bits per heavy atom. The highest BCUT2D eigenvalue weighted by Gasteiger charge is 2.23. The van der Waals surface area contributed by atoms with E-state index in [2.05, 4.69) is 9.62 Å². The van der Waals surface area contributed by atoms with Gasteiger partial charge in [0.2, 0.25) is 15.9 Å². The summed E-state index contributed by atoms with van der Waals surface area (Å²) >= 11 is 0. The minimum Gasteiger partial charge on any atom is -0.368 e. The van der Waals surface area contributed by atoms with Crippen molar-refractivity contribution in [1.29, 1.82) is 0 Å². The number of sulfonamides is 1. The average Bonchev–Trinajstić information content (AvgIpc) is 2.67. The van der Waals surface area contributed by atoms with Gasteiger partial charge in [-0.3, -0.25) is 4.79 Å². The monoisotopic (exact) mass is 373 g/mol.